The molecule has 8 nitrogen and oxygen atoms in total. The average Bonchev–Trinajstić information content (AvgIpc) is 3.03. The van der Waals surface area contributed by atoms with Crippen LogP contribution in [0.15, 0.2) is 108 Å². The molecule has 0 saturated heterocycles. The Morgan fingerprint density at radius 3 is 2.09 bits per heavy atom. The number of hydrogen-bond acceptors (Lipinski definition) is 5. The molecule has 230 valence electrons. The molecule has 1 N–H and O–H groups in total. The molecule has 10 heteroatoms. The highest BCUT2D eigenvalue weighted by Gasteiger charge is 2.34. The van der Waals surface area contributed by atoms with E-state index in [1.807, 2.05) is 37.3 Å². The molecule has 1 atom stereocenters. The van der Waals surface area contributed by atoms with Crippen LogP contribution in [0.5, 0.6) is 5.75 Å². The Balaban J connectivity index is 1.78. The van der Waals surface area contributed by atoms with Gasteiger partial charge in [0.15, 0.2) is 0 Å². The largest absolute Gasteiger partial charge is 0.497 e. The molecule has 0 saturated carbocycles. The number of anilines is 1. The molecule has 4 rings (SSSR count). The molecule has 0 aliphatic rings. The van der Waals surface area contributed by atoms with Gasteiger partial charge in [-0.15, -0.1) is 0 Å². The molecule has 0 bridgehead atoms. The normalized spacial score (nSPS) is 11.8. The van der Waals surface area contributed by atoms with E-state index >= 15 is 0 Å². The number of carbonyl (C=O) groups is 2. The number of nitrogens with one attached hydrogen (secondary N) is 1. The van der Waals surface area contributed by atoms with Crippen LogP contribution in [0, 0.1) is 12.7 Å². The molecule has 0 spiro atoms. The number of amides is 2. The fourth-order valence-electron chi connectivity index (χ4n) is 4.75. The first kappa shape index (κ1) is 32.2. The Kier molecular flexibility index (Phi) is 10.7. The third-order valence-corrected chi connectivity index (χ3v) is 8.92. The lowest BCUT2D eigenvalue weighted by molar-refractivity contribution is -0.140. The lowest BCUT2D eigenvalue weighted by atomic mass is 10.0. The number of carbonyl (C=O) groups excluding carboxylic acids is 2. The molecule has 0 fully saturated rings. The molecule has 0 radical (unpaired) electrons. The van der Waals surface area contributed by atoms with Crippen molar-refractivity contribution in [2.75, 3.05) is 24.5 Å². The maximum atomic E-state index is 14.3. The van der Waals surface area contributed by atoms with Gasteiger partial charge in [-0.1, -0.05) is 60.2 Å². The van der Waals surface area contributed by atoms with Crippen molar-refractivity contribution in [1.82, 2.24) is 10.2 Å². The molecule has 1 unspecified atom stereocenters. The van der Waals surface area contributed by atoms with Crippen molar-refractivity contribution in [2.45, 2.75) is 37.8 Å². The zero-order chi connectivity index (χ0) is 31.7. The summed E-state index contributed by atoms with van der Waals surface area (Å²) in [5.74, 6) is -0.934. The van der Waals surface area contributed by atoms with Crippen molar-refractivity contribution in [1.29, 1.82) is 0 Å². The summed E-state index contributed by atoms with van der Waals surface area (Å²) in [6, 6.07) is 26.6. The highest BCUT2D eigenvalue weighted by molar-refractivity contribution is 7.92. The van der Waals surface area contributed by atoms with E-state index in [-0.39, 0.29) is 23.8 Å². The van der Waals surface area contributed by atoms with Gasteiger partial charge in [-0.3, -0.25) is 13.9 Å². The molecule has 4 aromatic carbocycles. The van der Waals surface area contributed by atoms with Gasteiger partial charge in [0.1, 0.15) is 24.2 Å². The van der Waals surface area contributed by atoms with Crippen LogP contribution in [-0.4, -0.2) is 51.4 Å². The number of benzene rings is 4. The van der Waals surface area contributed by atoms with Crippen molar-refractivity contribution >= 4 is 27.5 Å². The number of ether oxygens (including phenoxy) is 1. The quantitative estimate of drug-likeness (QED) is 0.225. The summed E-state index contributed by atoms with van der Waals surface area (Å²) in [6.45, 7) is 3.37. The molecule has 0 aliphatic carbocycles. The summed E-state index contributed by atoms with van der Waals surface area (Å²) in [7, 11) is -2.75. The van der Waals surface area contributed by atoms with E-state index in [4.69, 9.17) is 4.74 Å². The standard InChI is InChI=1S/C34H36FN3O5S/c1-4-36-34(40)32(22-26-8-6-5-7-9-26)37(23-27-12-14-28(35)15-13-27)33(39)24-38(29-16-10-25(2)11-17-29)44(41,42)31-20-18-30(43-3)19-21-31/h5-21,32H,4,22-24H2,1-3H3,(H,36,40). The highest BCUT2D eigenvalue weighted by Crippen LogP contribution is 2.26. The molecular weight excluding hydrogens is 581 g/mol. The SMILES string of the molecule is CCNC(=O)C(Cc1ccccc1)N(Cc1ccc(F)cc1)C(=O)CN(c1ccc(C)cc1)S(=O)(=O)c1ccc(OC)cc1. The minimum Gasteiger partial charge on any atom is -0.497 e. The van der Waals surface area contributed by atoms with Gasteiger partial charge in [-0.2, -0.15) is 0 Å². The van der Waals surface area contributed by atoms with E-state index in [0.29, 0.717) is 23.5 Å². The van der Waals surface area contributed by atoms with Gasteiger partial charge in [0, 0.05) is 19.5 Å². The molecule has 44 heavy (non-hydrogen) atoms. The van der Waals surface area contributed by atoms with Crippen molar-refractivity contribution in [3.05, 3.63) is 126 Å². The Bertz CT molecular complexity index is 1650. The Hall–Kier alpha value is -4.70. The van der Waals surface area contributed by atoms with Crippen molar-refractivity contribution in [3.63, 3.8) is 0 Å². The first-order chi connectivity index (χ1) is 21.1. The highest BCUT2D eigenvalue weighted by atomic mass is 32.2. The molecule has 0 aromatic heterocycles. The predicted molar refractivity (Wildman–Crippen MR) is 168 cm³/mol. The van der Waals surface area contributed by atoms with Crippen molar-refractivity contribution in [3.8, 4) is 5.75 Å². The monoisotopic (exact) mass is 617 g/mol. The summed E-state index contributed by atoms with van der Waals surface area (Å²) in [5.41, 5.74) is 2.61. The number of methoxy groups -OCH3 is 1. The summed E-state index contributed by atoms with van der Waals surface area (Å²) in [4.78, 5) is 29.2. The molecule has 0 heterocycles. The number of sulfonamides is 1. The maximum Gasteiger partial charge on any atom is 0.264 e. The van der Waals surface area contributed by atoms with Crippen LogP contribution in [0.3, 0.4) is 0 Å². The second-order valence-corrected chi connectivity index (χ2v) is 12.1. The lowest BCUT2D eigenvalue weighted by Gasteiger charge is -2.33. The van der Waals surface area contributed by atoms with Crippen LogP contribution >= 0.6 is 0 Å². The Morgan fingerprint density at radius 1 is 0.864 bits per heavy atom. The zero-order valence-electron chi connectivity index (χ0n) is 24.9. The van der Waals surface area contributed by atoms with Gasteiger partial charge in [0.25, 0.3) is 10.0 Å². The Labute approximate surface area is 258 Å². The fourth-order valence-corrected chi connectivity index (χ4v) is 6.16. The third kappa shape index (κ3) is 8.02. The van der Waals surface area contributed by atoms with E-state index in [1.165, 1.54) is 48.4 Å². The topological polar surface area (TPSA) is 96.0 Å². The van der Waals surface area contributed by atoms with E-state index in [1.54, 1.807) is 43.3 Å². The van der Waals surface area contributed by atoms with E-state index < -0.39 is 34.3 Å². The van der Waals surface area contributed by atoms with Crippen LogP contribution in [-0.2, 0) is 32.6 Å². The summed E-state index contributed by atoms with van der Waals surface area (Å²) < 4.78 is 48.1. The first-order valence-corrected chi connectivity index (χ1v) is 15.7. The van der Waals surface area contributed by atoms with Crippen LogP contribution in [0.4, 0.5) is 10.1 Å². The second-order valence-electron chi connectivity index (χ2n) is 10.3. The first-order valence-electron chi connectivity index (χ1n) is 14.2. The van der Waals surface area contributed by atoms with Gasteiger partial charge in [-0.05, 0) is 73.5 Å². The molecule has 2 amide bonds. The third-order valence-electron chi connectivity index (χ3n) is 7.14. The van der Waals surface area contributed by atoms with Crippen LogP contribution < -0.4 is 14.4 Å². The maximum absolute atomic E-state index is 14.3. The molecule has 0 aliphatic heterocycles. The number of halogens is 1. The van der Waals surface area contributed by atoms with Gasteiger partial charge in [-0.25, -0.2) is 12.8 Å². The number of nitrogens with zero attached hydrogens (tertiary/aromatic N) is 2. The van der Waals surface area contributed by atoms with E-state index in [2.05, 4.69) is 5.32 Å². The number of likely N-dealkylation sites (N-methyl/N-ethyl adjacent to an activating group) is 1. The van der Waals surface area contributed by atoms with Crippen molar-refractivity contribution < 1.29 is 27.1 Å². The number of rotatable bonds is 13. The Morgan fingerprint density at radius 2 is 1.50 bits per heavy atom. The van der Waals surface area contributed by atoms with Crippen LogP contribution in [0.25, 0.3) is 0 Å². The molecule has 4 aromatic rings. The minimum absolute atomic E-state index is 0.0266. The van der Waals surface area contributed by atoms with Gasteiger partial charge < -0.3 is 15.0 Å². The average molecular weight is 618 g/mol. The lowest BCUT2D eigenvalue weighted by Crippen LogP contribution is -2.53. The predicted octanol–water partition coefficient (Wildman–Crippen LogP) is 5.11. The van der Waals surface area contributed by atoms with Crippen molar-refractivity contribution in [2.24, 2.45) is 0 Å². The van der Waals surface area contributed by atoms with Gasteiger partial charge in [0.2, 0.25) is 11.8 Å². The van der Waals surface area contributed by atoms with Gasteiger partial charge in [0.05, 0.1) is 17.7 Å². The van der Waals surface area contributed by atoms with Crippen LogP contribution in [0.2, 0.25) is 0 Å². The smallest absolute Gasteiger partial charge is 0.264 e. The van der Waals surface area contributed by atoms with Gasteiger partial charge >= 0.3 is 0 Å². The van der Waals surface area contributed by atoms with E-state index in [9.17, 15) is 22.4 Å². The van der Waals surface area contributed by atoms with E-state index in [0.717, 1.165) is 15.4 Å². The molecular formula is C34H36FN3O5S. The summed E-state index contributed by atoms with van der Waals surface area (Å²) >= 11 is 0. The zero-order valence-corrected chi connectivity index (χ0v) is 25.8. The number of aryl methyl sites for hydroxylation is 1. The minimum atomic E-state index is -4.23. The van der Waals surface area contributed by atoms with Crippen LogP contribution in [0.1, 0.15) is 23.6 Å². The summed E-state index contributed by atoms with van der Waals surface area (Å²) in [6.07, 6.45) is 0.190. The summed E-state index contributed by atoms with van der Waals surface area (Å²) in [5, 5.41) is 2.82. The second kappa shape index (κ2) is 14.7. The number of hydrogen-bond donors (Lipinski definition) is 1. The fraction of sp³-hybridized carbons (Fsp3) is 0.235.